The minimum atomic E-state index is 0.0844. The number of amidine groups is 1. The van der Waals surface area contributed by atoms with E-state index in [1.807, 2.05) is 30.3 Å². The van der Waals surface area contributed by atoms with E-state index < -0.39 is 0 Å². The van der Waals surface area contributed by atoms with Crippen LogP contribution in [0.15, 0.2) is 48.7 Å². The molecule has 0 aliphatic heterocycles. The van der Waals surface area contributed by atoms with Crippen LogP contribution in [0.25, 0.3) is 0 Å². The molecule has 3 heteroatoms. The van der Waals surface area contributed by atoms with E-state index in [9.17, 15) is 0 Å². The SMILES string of the molecule is N=C(N)c1cccnc1CCc1ccccc1. The van der Waals surface area contributed by atoms with Crippen LogP contribution in [-0.2, 0) is 12.8 Å². The first-order chi connectivity index (χ1) is 8.27. The predicted molar refractivity (Wildman–Crippen MR) is 69.1 cm³/mol. The second-order valence-electron chi connectivity index (χ2n) is 3.90. The Labute approximate surface area is 101 Å². The van der Waals surface area contributed by atoms with Gasteiger partial charge in [0.25, 0.3) is 0 Å². The van der Waals surface area contributed by atoms with Crippen LogP contribution in [0, 0.1) is 5.41 Å². The fourth-order valence-electron chi connectivity index (χ4n) is 1.79. The lowest BCUT2D eigenvalue weighted by Crippen LogP contribution is -2.15. The fraction of sp³-hybridized carbons (Fsp3) is 0.143. The highest BCUT2D eigenvalue weighted by Crippen LogP contribution is 2.09. The highest BCUT2D eigenvalue weighted by Gasteiger charge is 2.05. The molecule has 0 aliphatic carbocycles. The molecule has 0 saturated heterocycles. The van der Waals surface area contributed by atoms with E-state index in [0.717, 1.165) is 24.1 Å². The van der Waals surface area contributed by atoms with E-state index in [-0.39, 0.29) is 5.84 Å². The van der Waals surface area contributed by atoms with Gasteiger partial charge in [-0.25, -0.2) is 0 Å². The van der Waals surface area contributed by atoms with Gasteiger partial charge >= 0.3 is 0 Å². The van der Waals surface area contributed by atoms with Crippen LogP contribution in [0.1, 0.15) is 16.8 Å². The number of nitrogens with two attached hydrogens (primary N) is 1. The molecule has 0 spiro atoms. The molecule has 1 aromatic carbocycles. The number of hydrogen-bond donors (Lipinski definition) is 2. The lowest BCUT2D eigenvalue weighted by Gasteiger charge is -2.06. The monoisotopic (exact) mass is 225 g/mol. The summed E-state index contributed by atoms with van der Waals surface area (Å²) in [4.78, 5) is 4.29. The minimum Gasteiger partial charge on any atom is -0.384 e. The number of rotatable bonds is 4. The zero-order chi connectivity index (χ0) is 12.1. The van der Waals surface area contributed by atoms with Crippen molar-refractivity contribution in [3.05, 3.63) is 65.5 Å². The Kier molecular flexibility index (Phi) is 3.50. The maximum absolute atomic E-state index is 7.50. The summed E-state index contributed by atoms with van der Waals surface area (Å²) in [6, 6.07) is 13.9. The Morgan fingerprint density at radius 2 is 1.82 bits per heavy atom. The Morgan fingerprint density at radius 3 is 2.53 bits per heavy atom. The van der Waals surface area contributed by atoms with Crippen molar-refractivity contribution in [2.45, 2.75) is 12.8 Å². The Balaban J connectivity index is 2.12. The van der Waals surface area contributed by atoms with Crippen LogP contribution in [0.3, 0.4) is 0 Å². The van der Waals surface area contributed by atoms with Gasteiger partial charge in [0.15, 0.2) is 0 Å². The summed E-state index contributed by atoms with van der Waals surface area (Å²) in [5.74, 6) is 0.0844. The van der Waals surface area contributed by atoms with Crippen molar-refractivity contribution in [2.24, 2.45) is 5.73 Å². The third-order valence-electron chi connectivity index (χ3n) is 2.67. The van der Waals surface area contributed by atoms with E-state index in [1.165, 1.54) is 5.56 Å². The van der Waals surface area contributed by atoms with Crippen LogP contribution >= 0.6 is 0 Å². The molecule has 0 unspecified atom stereocenters. The first-order valence-corrected chi connectivity index (χ1v) is 5.59. The summed E-state index contributed by atoms with van der Waals surface area (Å²) in [5.41, 5.74) is 8.43. The molecule has 0 saturated carbocycles. The number of aromatic nitrogens is 1. The average molecular weight is 225 g/mol. The van der Waals surface area contributed by atoms with Gasteiger partial charge < -0.3 is 5.73 Å². The summed E-state index contributed by atoms with van der Waals surface area (Å²) in [6.07, 6.45) is 3.46. The largest absolute Gasteiger partial charge is 0.384 e. The molecule has 0 bridgehead atoms. The highest BCUT2D eigenvalue weighted by molar-refractivity contribution is 5.95. The number of nitrogens with zero attached hydrogens (tertiary/aromatic N) is 1. The van der Waals surface area contributed by atoms with Gasteiger partial charge in [-0.2, -0.15) is 0 Å². The zero-order valence-corrected chi connectivity index (χ0v) is 9.56. The molecule has 0 aliphatic rings. The van der Waals surface area contributed by atoms with Gasteiger partial charge in [0, 0.05) is 11.8 Å². The average Bonchev–Trinajstić information content (AvgIpc) is 2.38. The predicted octanol–water partition coefficient (Wildman–Crippen LogP) is 2.15. The maximum atomic E-state index is 7.50. The molecule has 1 aromatic heterocycles. The van der Waals surface area contributed by atoms with E-state index in [2.05, 4.69) is 17.1 Å². The molecular formula is C14H15N3. The first kappa shape index (κ1) is 11.3. The molecule has 3 nitrogen and oxygen atoms in total. The summed E-state index contributed by atoms with van der Waals surface area (Å²) in [6.45, 7) is 0. The zero-order valence-electron chi connectivity index (χ0n) is 9.56. The van der Waals surface area contributed by atoms with Crippen LogP contribution in [0.2, 0.25) is 0 Å². The summed E-state index contributed by atoms with van der Waals surface area (Å²) >= 11 is 0. The van der Waals surface area contributed by atoms with Crippen LogP contribution in [0.5, 0.6) is 0 Å². The van der Waals surface area contributed by atoms with Gasteiger partial charge in [-0.15, -0.1) is 0 Å². The van der Waals surface area contributed by atoms with Crippen LogP contribution in [-0.4, -0.2) is 10.8 Å². The summed E-state index contributed by atoms with van der Waals surface area (Å²) in [7, 11) is 0. The molecule has 0 atom stereocenters. The molecule has 0 amide bonds. The molecule has 2 aromatic rings. The normalized spacial score (nSPS) is 10.1. The van der Waals surface area contributed by atoms with E-state index in [0.29, 0.717) is 0 Å². The third kappa shape index (κ3) is 2.91. The van der Waals surface area contributed by atoms with Gasteiger partial charge in [0.1, 0.15) is 5.84 Å². The smallest absolute Gasteiger partial charge is 0.124 e. The van der Waals surface area contributed by atoms with Gasteiger partial charge in [0.05, 0.1) is 5.69 Å². The van der Waals surface area contributed by atoms with Crippen molar-refractivity contribution in [2.75, 3.05) is 0 Å². The van der Waals surface area contributed by atoms with Crippen LogP contribution in [0.4, 0.5) is 0 Å². The minimum absolute atomic E-state index is 0.0844. The number of aryl methyl sites for hydroxylation is 2. The Morgan fingerprint density at radius 1 is 1.06 bits per heavy atom. The first-order valence-electron chi connectivity index (χ1n) is 5.59. The molecule has 0 fully saturated rings. The summed E-state index contributed by atoms with van der Waals surface area (Å²) < 4.78 is 0. The Bertz CT molecular complexity index is 506. The van der Waals surface area contributed by atoms with Crippen molar-refractivity contribution in [1.82, 2.24) is 4.98 Å². The molecule has 17 heavy (non-hydrogen) atoms. The number of nitrogens with one attached hydrogen (secondary N) is 1. The Hall–Kier alpha value is -2.16. The second-order valence-corrected chi connectivity index (χ2v) is 3.90. The van der Waals surface area contributed by atoms with E-state index in [4.69, 9.17) is 11.1 Å². The molecule has 3 N–H and O–H groups in total. The second kappa shape index (κ2) is 5.25. The lowest BCUT2D eigenvalue weighted by molar-refractivity contribution is 0.909. The van der Waals surface area contributed by atoms with Gasteiger partial charge in [-0.1, -0.05) is 30.3 Å². The molecule has 1 heterocycles. The highest BCUT2D eigenvalue weighted by atomic mass is 14.7. The number of benzene rings is 1. The van der Waals surface area contributed by atoms with Gasteiger partial charge in [0.2, 0.25) is 0 Å². The number of pyridine rings is 1. The van der Waals surface area contributed by atoms with Crippen molar-refractivity contribution in [3.63, 3.8) is 0 Å². The van der Waals surface area contributed by atoms with Gasteiger partial charge in [-0.3, -0.25) is 10.4 Å². The topological polar surface area (TPSA) is 62.8 Å². The van der Waals surface area contributed by atoms with Crippen molar-refractivity contribution >= 4 is 5.84 Å². The van der Waals surface area contributed by atoms with Crippen molar-refractivity contribution in [1.29, 1.82) is 5.41 Å². The van der Waals surface area contributed by atoms with Gasteiger partial charge in [-0.05, 0) is 30.5 Å². The fourth-order valence-corrected chi connectivity index (χ4v) is 1.79. The molecule has 86 valence electrons. The van der Waals surface area contributed by atoms with E-state index in [1.54, 1.807) is 6.20 Å². The molecule has 2 rings (SSSR count). The molecule has 0 radical (unpaired) electrons. The third-order valence-corrected chi connectivity index (χ3v) is 2.67. The maximum Gasteiger partial charge on any atom is 0.124 e. The number of nitrogen functional groups attached to an aromatic ring is 1. The molecular weight excluding hydrogens is 210 g/mol. The van der Waals surface area contributed by atoms with E-state index >= 15 is 0 Å². The quantitative estimate of drug-likeness (QED) is 0.618. The summed E-state index contributed by atoms with van der Waals surface area (Å²) in [5, 5.41) is 7.50. The van der Waals surface area contributed by atoms with Crippen LogP contribution < -0.4 is 5.73 Å². The standard InChI is InChI=1S/C14H15N3/c15-14(16)12-7-4-10-17-13(12)9-8-11-5-2-1-3-6-11/h1-7,10H,8-9H2,(H3,15,16). The number of hydrogen-bond acceptors (Lipinski definition) is 2. The van der Waals surface area contributed by atoms with Crippen molar-refractivity contribution in [3.8, 4) is 0 Å². The van der Waals surface area contributed by atoms with Crippen molar-refractivity contribution < 1.29 is 0 Å². The lowest BCUT2D eigenvalue weighted by atomic mass is 10.0.